The highest BCUT2D eigenvalue weighted by atomic mass is 16.5. The van der Waals surface area contributed by atoms with Gasteiger partial charge in [0.15, 0.2) is 0 Å². The maximum atomic E-state index is 5.23. The van der Waals surface area contributed by atoms with Crippen LogP contribution in [0.15, 0.2) is 48.5 Å². The van der Waals surface area contributed by atoms with Crippen LogP contribution in [0.4, 0.5) is 5.69 Å². The lowest BCUT2D eigenvalue weighted by Gasteiger charge is -2.27. The van der Waals surface area contributed by atoms with Crippen molar-refractivity contribution in [1.82, 2.24) is 4.90 Å². The van der Waals surface area contributed by atoms with Gasteiger partial charge < -0.3 is 14.5 Å². The highest BCUT2D eigenvalue weighted by Crippen LogP contribution is 2.19. The van der Waals surface area contributed by atoms with Crippen LogP contribution in [0.25, 0.3) is 0 Å². The van der Waals surface area contributed by atoms with E-state index in [1.165, 1.54) is 16.8 Å². The van der Waals surface area contributed by atoms with Crippen molar-refractivity contribution in [2.24, 2.45) is 0 Å². The number of hydrogen-bond donors (Lipinski definition) is 0. The molecule has 2 rings (SSSR count). The molecule has 0 radical (unpaired) electrons. The molecule has 0 saturated carbocycles. The number of aryl methyl sites for hydroxylation is 1. The van der Waals surface area contributed by atoms with Gasteiger partial charge in [-0.3, -0.25) is 0 Å². The minimum atomic E-state index is 0.902. The number of hydrogen-bond acceptors (Lipinski definition) is 3. The molecule has 118 valence electrons. The van der Waals surface area contributed by atoms with Crippen LogP contribution in [0.5, 0.6) is 5.75 Å². The quantitative estimate of drug-likeness (QED) is 0.777. The van der Waals surface area contributed by atoms with Gasteiger partial charge in [-0.15, -0.1) is 0 Å². The first kappa shape index (κ1) is 16.4. The number of nitrogens with zero attached hydrogens (tertiary/aromatic N) is 2. The maximum absolute atomic E-state index is 5.23. The molecule has 0 fully saturated rings. The van der Waals surface area contributed by atoms with E-state index in [9.17, 15) is 0 Å². The standard InChI is InChI=1S/C19H26N2O/c1-16-5-9-18(10-6-16)21(14-13-20(2)3)15-17-7-11-19(22-4)12-8-17/h5-12H,13-15H2,1-4H3. The summed E-state index contributed by atoms with van der Waals surface area (Å²) in [5.74, 6) is 0.902. The second kappa shape index (κ2) is 7.85. The smallest absolute Gasteiger partial charge is 0.118 e. The summed E-state index contributed by atoms with van der Waals surface area (Å²) in [6.07, 6.45) is 0. The van der Waals surface area contributed by atoms with Crippen LogP contribution in [0.1, 0.15) is 11.1 Å². The summed E-state index contributed by atoms with van der Waals surface area (Å²) >= 11 is 0. The fourth-order valence-corrected chi connectivity index (χ4v) is 2.33. The number of methoxy groups -OCH3 is 1. The normalized spacial score (nSPS) is 10.8. The predicted octanol–water partition coefficient (Wildman–Crippen LogP) is 3.57. The third-order valence-corrected chi connectivity index (χ3v) is 3.75. The Labute approximate surface area is 134 Å². The molecular formula is C19H26N2O. The van der Waals surface area contributed by atoms with Gasteiger partial charge in [0.1, 0.15) is 5.75 Å². The molecule has 0 bridgehead atoms. The van der Waals surface area contributed by atoms with Gasteiger partial charge in [0.2, 0.25) is 0 Å². The van der Waals surface area contributed by atoms with Gasteiger partial charge in [0, 0.05) is 25.3 Å². The summed E-state index contributed by atoms with van der Waals surface area (Å²) in [6.45, 7) is 5.06. The van der Waals surface area contributed by atoms with E-state index in [-0.39, 0.29) is 0 Å². The summed E-state index contributed by atoms with van der Waals surface area (Å²) in [6, 6.07) is 17.1. The van der Waals surface area contributed by atoms with Gasteiger partial charge >= 0.3 is 0 Å². The van der Waals surface area contributed by atoms with E-state index in [1.54, 1.807) is 7.11 Å². The molecule has 0 N–H and O–H groups in total. The average Bonchev–Trinajstić information content (AvgIpc) is 2.53. The van der Waals surface area contributed by atoms with E-state index < -0.39 is 0 Å². The SMILES string of the molecule is COc1ccc(CN(CCN(C)C)c2ccc(C)cc2)cc1. The lowest BCUT2D eigenvalue weighted by atomic mass is 10.1. The molecule has 0 saturated heterocycles. The third-order valence-electron chi connectivity index (χ3n) is 3.75. The second-order valence-corrected chi connectivity index (χ2v) is 5.91. The molecule has 3 nitrogen and oxygen atoms in total. The van der Waals surface area contributed by atoms with Gasteiger partial charge in [-0.2, -0.15) is 0 Å². The number of likely N-dealkylation sites (N-methyl/N-ethyl adjacent to an activating group) is 1. The van der Waals surface area contributed by atoms with Crippen molar-refractivity contribution in [3.05, 3.63) is 59.7 Å². The fourth-order valence-electron chi connectivity index (χ4n) is 2.33. The zero-order valence-corrected chi connectivity index (χ0v) is 14.0. The van der Waals surface area contributed by atoms with Crippen molar-refractivity contribution in [3.63, 3.8) is 0 Å². The Kier molecular flexibility index (Phi) is 5.84. The first-order chi connectivity index (χ1) is 10.6. The van der Waals surface area contributed by atoms with Crippen LogP contribution >= 0.6 is 0 Å². The molecule has 2 aromatic carbocycles. The Bertz CT molecular complexity index is 561. The zero-order valence-electron chi connectivity index (χ0n) is 14.0. The lowest BCUT2D eigenvalue weighted by molar-refractivity contribution is 0.412. The number of benzene rings is 2. The topological polar surface area (TPSA) is 15.7 Å². The Hall–Kier alpha value is -2.00. The Morgan fingerprint density at radius 2 is 1.50 bits per heavy atom. The molecule has 0 aliphatic carbocycles. The van der Waals surface area contributed by atoms with Crippen molar-refractivity contribution >= 4 is 5.69 Å². The first-order valence-corrected chi connectivity index (χ1v) is 7.68. The molecule has 3 heteroatoms. The first-order valence-electron chi connectivity index (χ1n) is 7.68. The van der Waals surface area contributed by atoms with E-state index >= 15 is 0 Å². The highest BCUT2D eigenvalue weighted by molar-refractivity contribution is 5.48. The van der Waals surface area contributed by atoms with Gasteiger partial charge in [0.25, 0.3) is 0 Å². The zero-order chi connectivity index (χ0) is 15.9. The van der Waals surface area contributed by atoms with Crippen molar-refractivity contribution < 1.29 is 4.74 Å². The summed E-state index contributed by atoms with van der Waals surface area (Å²) in [4.78, 5) is 4.64. The van der Waals surface area contributed by atoms with E-state index in [0.717, 1.165) is 25.4 Å². The fraction of sp³-hybridized carbons (Fsp3) is 0.368. The van der Waals surface area contributed by atoms with Crippen molar-refractivity contribution in [2.75, 3.05) is 39.2 Å². The predicted molar refractivity (Wildman–Crippen MR) is 93.8 cm³/mol. The summed E-state index contributed by atoms with van der Waals surface area (Å²) in [5, 5.41) is 0. The molecule has 0 amide bonds. The monoisotopic (exact) mass is 298 g/mol. The van der Waals surface area contributed by atoms with Gasteiger partial charge in [0.05, 0.1) is 7.11 Å². The molecule has 0 aliphatic heterocycles. The molecule has 0 spiro atoms. The summed E-state index contributed by atoms with van der Waals surface area (Å²) in [5.41, 5.74) is 3.85. The van der Waals surface area contributed by atoms with Crippen LogP contribution in [0.2, 0.25) is 0 Å². The number of rotatable bonds is 7. The molecule has 0 aromatic heterocycles. The second-order valence-electron chi connectivity index (χ2n) is 5.91. The summed E-state index contributed by atoms with van der Waals surface area (Å²) < 4.78 is 5.23. The minimum absolute atomic E-state index is 0.902. The van der Waals surface area contributed by atoms with Crippen molar-refractivity contribution in [1.29, 1.82) is 0 Å². The van der Waals surface area contributed by atoms with Gasteiger partial charge in [-0.1, -0.05) is 29.8 Å². The largest absolute Gasteiger partial charge is 0.497 e. The van der Waals surface area contributed by atoms with Crippen LogP contribution in [-0.2, 0) is 6.54 Å². The molecule has 0 aliphatic rings. The Balaban J connectivity index is 2.13. The van der Waals surface area contributed by atoms with E-state index in [0.29, 0.717) is 0 Å². The van der Waals surface area contributed by atoms with Gasteiger partial charge in [-0.05, 0) is 50.8 Å². The molecule has 2 aromatic rings. The maximum Gasteiger partial charge on any atom is 0.118 e. The van der Waals surface area contributed by atoms with E-state index in [2.05, 4.69) is 67.2 Å². The molecule has 0 heterocycles. The van der Waals surface area contributed by atoms with Crippen molar-refractivity contribution in [3.8, 4) is 5.75 Å². The van der Waals surface area contributed by atoms with E-state index in [4.69, 9.17) is 4.74 Å². The third kappa shape index (κ3) is 4.78. The molecule has 0 unspecified atom stereocenters. The Morgan fingerprint density at radius 1 is 0.864 bits per heavy atom. The number of anilines is 1. The number of ether oxygens (including phenoxy) is 1. The molecule has 22 heavy (non-hydrogen) atoms. The minimum Gasteiger partial charge on any atom is -0.497 e. The van der Waals surface area contributed by atoms with Crippen molar-refractivity contribution in [2.45, 2.75) is 13.5 Å². The molecule has 0 atom stereocenters. The van der Waals surface area contributed by atoms with Crippen LogP contribution in [0.3, 0.4) is 0 Å². The van der Waals surface area contributed by atoms with E-state index in [1.807, 2.05) is 12.1 Å². The van der Waals surface area contributed by atoms with Crippen LogP contribution in [0, 0.1) is 6.92 Å². The lowest BCUT2D eigenvalue weighted by Crippen LogP contribution is -2.31. The average molecular weight is 298 g/mol. The van der Waals surface area contributed by atoms with Crippen LogP contribution < -0.4 is 9.64 Å². The van der Waals surface area contributed by atoms with Gasteiger partial charge in [-0.25, -0.2) is 0 Å². The molecular weight excluding hydrogens is 272 g/mol. The summed E-state index contributed by atoms with van der Waals surface area (Å²) in [7, 11) is 5.92. The highest BCUT2D eigenvalue weighted by Gasteiger charge is 2.08. The Morgan fingerprint density at radius 3 is 2.05 bits per heavy atom. The van der Waals surface area contributed by atoms with Crippen LogP contribution in [-0.4, -0.2) is 39.2 Å².